The molecule has 0 unspecified atom stereocenters. The highest BCUT2D eigenvalue weighted by Crippen LogP contribution is 2.25. The Balaban J connectivity index is 2.60. The number of benzene rings is 1. The summed E-state index contributed by atoms with van der Waals surface area (Å²) < 4.78 is 1.75. The minimum absolute atomic E-state index is 0.602. The fourth-order valence-corrected chi connectivity index (χ4v) is 2.40. The third kappa shape index (κ3) is 1.42. The van der Waals surface area contributed by atoms with Gasteiger partial charge in [-0.05, 0) is 6.92 Å². The van der Waals surface area contributed by atoms with Gasteiger partial charge in [-0.2, -0.15) is 10.4 Å². The topological polar surface area (TPSA) is 54.0 Å². The first-order chi connectivity index (χ1) is 8.76. The zero-order chi connectivity index (χ0) is 12.7. The van der Waals surface area contributed by atoms with E-state index >= 15 is 0 Å². The van der Waals surface area contributed by atoms with Crippen LogP contribution in [0.2, 0.25) is 0 Å². The lowest BCUT2D eigenvalue weighted by Crippen LogP contribution is -1.99. The second kappa shape index (κ2) is 4.07. The van der Waals surface area contributed by atoms with Crippen molar-refractivity contribution >= 4 is 32.3 Å². The second-order valence-corrected chi connectivity index (χ2v) is 4.58. The second-order valence-electron chi connectivity index (χ2n) is 4.01. The van der Waals surface area contributed by atoms with Gasteiger partial charge in [0.2, 0.25) is 0 Å². The van der Waals surface area contributed by atoms with Gasteiger partial charge in [-0.3, -0.25) is 0 Å². The summed E-state index contributed by atoms with van der Waals surface area (Å²) in [5.41, 5.74) is 2.28. The Kier molecular flexibility index (Phi) is 2.53. The van der Waals surface area contributed by atoms with E-state index in [4.69, 9.17) is 0 Å². The lowest BCUT2D eigenvalue weighted by atomic mass is 10.1. The molecule has 0 fully saturated rings. The molecule has 3 rings (SSSR count). The Morgan fingerprint density at radius 2 is 2.06 bits per heavy atom. The first-order valence-electron chi connectivity index (χ1n) is 5.49. The standard InChI is InChI=1S/C13H9BrN4/c1-8-11(7-15)9-4-2-3-5-10(9)13-16-12(6-14)17-18(8)13/h2-5H,6H2,1H3. The van der Waals surface area contributed by atoms with Gasteiger partial charge in [0.1, 0.15) is 6.07 Å². The summed E-state index contributed by atoms with van der Waals surface area (Å²) in [5, 5.41) is 16.2. The normalized spacial score (nSPS) is 10.9. The van der Waals surface area contributed by atoms with Gasteiger partial charge in [-0.1, -0.05) is 40.2 Å². The Hall–Kier alpha value is -1.93. The Morgan fingerprint density at radius 1 is 1.33 bits per heavy atom. The van der Waals surface area contributed by atoms with Gasteiger partial charge in [0.05, 0.1) is 16.6 Å². The smallest absolute Gasteiger partial charge is 0.163 e. The summed E-state index contributed by atoms with van der Waals surface area (Å²) in [6.45, 7) is 1.89. The van der Waals surface area contributed by atoms with Crippen molar-refractivity contribution in [2.45, 2.75) is 12.3 Å². The minimum Gasteiger partial charge on any atom is -0.216 e. The number of rotatable bonds is 1. The van der Waals surface area contributed by atoms with Crippen LogP contribution in [0.1, 0.15) is 17.1 Å². The molecule has 0 atom stereocenters. The van der Waals surface area contributed by atoms with Crippen LogP contribution in [0.25, 0.3) is 16.4 Å². The highest BCUT2D eigenvalue weighted by atomic mass is 79.9. The van der Waals surface area contributed by atoms with E-state index in [1.54, 1.807) is 4.52 Å². The molecule has 0 N–H and O–H groups in total. The van der Waals surface area contributed by atoms with E-state index in [0.29, 0.717) is 10.9 Å². The summed E-state index contributed by atoms with van der Waals surface area (Å²) in [4.78, 5) is 4.49. The number of hydrogen-bond donors (Lipinski definition) is 0. The van der Waals surface area contributed by atoms with Crippen LogP contribution in [0, 0.1) is 18.3 Å². The predicted molar refractivity (Wildman–Crippen MR) is 72.6 cm³/mol. The molecule has 1 aromatic carbocycles. The van der Waals surface area contributed by atoms with Crippen molar-refractivity contribution in [1.82, 2.24) is 14.6 Å². The molecule has 4 nitrogen and oxygen atoms in total. The monoisotopic (exact) mass is 300 g/mol. The number of pyridine rings is 1. The van der Waals surface area contributed by atoms with Crippen LogP contribution < -0.4 is 0 Å². The van der Waals surface area contributed by atoms with Gasteiger partial charge in [0.25, 0.3) is 0 Å². The van der Waals surface area contributed by atoms with Crippen molar-refractivity contribution in [2.24, 2.45) is 0 Å². The van der Waals surface area contributed by atoms with Gasteiger partial charge < -0.3 is 0 Å². The molecule has 0 saturated carbocycles. The summed E-state index contributed by atoms with van der Waals surface area (Å²) in [5.74, 6) is 0.721. The molecule has 0 aliphatic heterocycles. The number of halogens is 1. The number of nitriles is 1. The van der Waals surface area contributed by atoms with E-state index in [1.165, 1.54) is 0 Å². The maximum Gasteiger partial charge on any atom is 0.163 e. The average molecular weight is 301 g/mol. The van der Waals surface area contributed by atoms with Crippen LogP contribution in [0.4, 0.5) is 0 Å². The van der Waals surface area contributed by atoms with Gasteiger partial charge in [0, 0.05) is 10.8 Å². The molecule has 0 spiro atoms. The molecule has 2 heterocycles. The summed E-state index contributed by atoms with van der Waals surface area (Å²) in [6, 6.07) is 10.1. The average Bonchev–Trinajstić information content (AvgIpc) is 2.84. The molecule has 0 radical (unpaired) electrons. The zero-order valence-corrected chi connectivity index (χ0v) is 11.3. The number of nitrogens with zero attached hydrogens (tertiary/aromatic N) is 4. The molecule has 88 valence electrons. The first-order valence-corrected chi connectivity index (χ1v) is 6.61. The summed E-state index contributed by atoms with van der Waals surface area (Å²) in [6.07, 6.45) is 0. The molecule has 3 aromatic rings. The highest BCUT2D eigenvalue weighted by molar-refractivity contribution is 9.08. The van der Waals surface area contributed by atoms with Crippen LogP contribution in [0.5, 0.6) is 0 Å². The van der Waals surface area contributed by atoms with E-state index in [1.807, 2.05) is 31.2 Å². The molecule has 0 aliphatic carbocycles. The van der Waals surface area contributed by atoms with Crippen molar-refractivity contribution in [2.75, 3.05) is 0 Å². The van der Waals surface area contributed by atoms with Crippen LogP contribution >= 0.6 is 15.9 Å². The lowest BCUT2D eigenvalue weighted by Gasteiger charge is -2.06. The maximum atomic E-state index is 9.32. The molecule has 18 heavy (non-hydrogen) atoms. The SMILES string of the molecule is Cc1c(C#N)c2ccccc2c2nc(CBr)nn12. The Morgan fingerprint density at radius 3 is 2.72 bits per heavy atom. The molecular weight excluding hydrogens is 292 g/mol. The van der Waals surface area contributed by atoms with E-state index in [0.717, 1.165) is 27.9 Å². The van der Waals surface area contributed by atoms with E-state index < -0.39 is 0 Å². The van der Waals surface area contributed by atoms with E-state index in [9.17, 15) is 5.26 Å². The Bertz CT molecular complexity index is 798. The van der Waals surface area contributed by atoms with Crippen molar-refractivity contribution in [1.29, 1.82) is 5.26 Å². The van der Waals surface area contributed by atoms with E-state index in [2.05, 4.69) is 32.1 Å². The van der Waals surface area contributed by atoms with Crippen molar-refractivity contribution < 1.29 is 0 Å². The third-order valence-corrected chi connectivity index (χ3v) is 3.50. The Labute approximate surface area is 112 Å². The fraction of sp³-hybridized carbons (Fsp3) is 0.154. The van der Waals surface area contributed by atoms with Gasteiger partial charge >= 0.3 is 0 Å². The lowest BCUT2D eigenvalue weighted by molar-refractivity contribution is 0.890. The summed E-state index contributed by atoms with van der Waals surface area (Å²) in [7, 11) is 0. The van der Waals surface area contributed by atoms with Crippen LogP contribution in [0.3, 0.4) is 0 Å². The molecule has 0 saturated heterocycles. The van der Waals surface area contributed by atoms with Gasteiger partial charge in [-0.25, -0.2) is 9.50 Å². The number of fused-ring (bicyclic) bond motifs is 3. The van der Waals surface area contributed by atoms with E-state index in [-0.39, 0.29) is 0 Å². The van der Waals surface area contributed by atoms with Gasteiger partial charge in [0.15, 0.2) is 11.5 Å². The molecule has 0 bridgehead atoms. The summed E-state index contributed by atoms with van der Waals surface area (Å²) >= 11 is 3.36. The van der Waals surface area contributed by atoms with Crippen molar-refractivity contribution in [3.63, 3.8) is 0 Å². The molecule has 5 heteroatoms. The quantitative estimate of drug-likeness (QED) is 0.649. The molecule has 0 aliphatic rings. The van der Waals surface area contributed by atoms with Crippen LogP contribution in [-0.2, 0) is 5.33 Å². The molecule has 2 aromatic heterocycles. The third-order valence-electron chi connectivity index (χ3n) is 3.00. The van der Waals surface area contributed by atoms with Crippen LogP contribution in [0.15, 0.2) is 24.3 Å². The number of aromatic nitrogens is 3. The van der Waals surface area contributed by atoms with Crippen molar-refractivity contribution in [3.8, 4) is 6.07 Å². The zero-order valence-electron chi connectivity index (χ0n) is 9.68. The van der Waals surface area contributed by atoms with Crippen LogP contribution in [-0.4, -0.2) is 14.6 Å². The number of aryl methyl sites for hydroxylation is 1. The number of alkyl halides is 1. The molecular formula is C13H9BrN4. The fourth-order valence-electron chi connectivity index (χ4n) is 2.16. The predicted octanol–water partition coefficient (Wildman–Crippen LogP) is 2.96. The van der Waals surface area contributed by atoms with Gasteiger partial charge in [-0.15, -0.1) is 0 Å². The van der Waals surface area contributed by atoms with Crippen molar-refractivity contribution in [3.05, 3.63) is 41.3 Å². The first kappa shape index (κ1) is 11.2. The highest BCUT2D eigenvalue weighted by Gasteiger charge is 2.14. The minimum atomic E-state index is 0.602. The number of hydrogen-bond acceptors (Lipinski definition) is 3. The maximum absolute atomic E-state index is 9.32. The molecule has 0 amide bonds. The largest absolute Gasteiger partial charge is 0.216 e.